The van der Waals surface area contributed by atoms with Crippen LogP contribution in [0.15, 0.2) is 31.0 Å². The minimum atomic E-state index is 0.421. The van der Waals surface area contributed by atoms with E-state index in [2.05, 4.69) is 46.9 Å². The summed E-state index contributed by atoms with van der Waals surface area (Å²) in [5.74, 6) is 3.38. The zero-order valence-corrected chi connectivity index (χ0v) is 14.2. The Morgan fingerprint density at radius 2 is 2.04 bits per heavy atom. The van der Waals surface area contributed by atoms with Gasteiger partial charge < -0.3 is 9.47 Å². The van der Waals surface area contributed by atoms with E-state index in [1.54, 1.807) is 17.2 Å². The molecule has 4 heterocycles. The van der Waals surface area contributed by atoms with Crippen molar-refractivity contribution >= 4 is 5.82 Å². The molecule has 9 heteroatoms. The first kappa shape index (κ1) is 15.7. The summed E-state index contributed by atoms with van der Waals surface area (Å²) in [5.41, 5.74) is 0. The molecule has 0 unspecified atom stereocenters. The molecular weight excluding hydrogens is 318 g/mol. The van der Waals surface area contributed by atoms with Gasteiger partial charge in [-0.3, -0.25) is 0 Å². The zero-order chi connectivity index (χ0) is 17.1. The van der Waals surface area contributed by atoms with Crippen molar-refractivity contribution in [1.82, 2.24) is 39.7 Å². The molecule has 3 aromatic rings. The van der Waals surface area contributed by atoms with Gasteiger partial charge >= 0.3 is 0 Å². The van der Waals surface area contributed by atoms with E-state index >= 15 is 0 Å². The van der Waals surface area contributed by atoms with E-state index in [1.807, 2.05) is 12.1 Å². The predicted molar refractivity (Wildman–Crippen MR) is 91.0 cm³/mol. The molecule has 25 heavy (non-hydrogen) atoms. The molecule has 0 bridgehead atoms. The van der Waals surface area contributed by atoms with Crippen molar-refractivity contribution in [3.05, 3.63) is 42.6 Å². The maximum Gasteiger partial charge on any atom is 0.154 e. The van der Waals surface area contributed by atoms with Crippen LogP contribution in [-0.2, 0) is 13.1 Å². The first-order valence-corrected chi connectivity index (χ1v) is 8.62. The van der Waals surface area contributed by atoms with Crippen LogP contribution in [0.25, 0.3) is 0 Å². The smallest absolute Gasteiger partial charge is 0.154 e. The van der Waals surface area contributed by atoms with E-state index in [0.29, 0.717) is 12.5 Å². The van der Waals surface area contributed by atoms with Gasteiger partial charge in [0.25, 0.3) is 0 Å². The van der Waals surface area contributed by atoms with E-state index < -0.39 is 0 Å². The third-order valence-electron chi connectivity index (χ3n) is 4.68. The highest BCUT2D eigenvalue weighted by atomic mass is 15.4. The fourth-order valence-electron chi connectivity index (χ4n) is 3.40. The Morgan fingerprint density at radius 3 is 2.72 bits per heavy atom. The van der Waals surface area contributed by atoms with Crippen LogP contribution >= 0.6 is 0 Å². The molecule has 130 valence electrons. The van der Waals surface area contributed by atoms with Crippen LogP contribution in [0.2, 0.25) is 0 Å². The summed E-state index contributed by atoms with van der Waals surface area (Å²) in [6, 6.07) is 3.94. The zero-order valence-electron chi connectivity index (χ0n) is 14.2. The first-order valence-electron chi connectivity index (χ1n) is 8.62. The second-order valence-corrected chi connectivity index (χ2v) is 6.15. The molecule has 0 N–H and O–H groups in total. The van der Waals surface area contributed by atoms with E-state index in [1.165, 1.54) is 6.33 Å². The number of aromatic nitrogens is 8. The minimum absolute atomic E-state index is 0.421. The molecule has 0 radical (unpaired) electrons. The Morgan fingerprint density at radius 1 is 1.16 bits per heavy atom. The molecule has 0 aromatic carbocycles. The molecule has 0 spiro atoms. The van der Waals surface area contributed by atoms with Gasteiger partial charge in [-0.2, -0.15) is 10.2 Å². The van der Waals surface area contributed by atoms with Gasteiger partial charge in [0.15, 0.2) is 11.6 Å². The molecule has 0 atom stereocenters. The summed E-state index contributed by atoms with van der Waals surface area (Å²) in [7, 11) is 0. The quantitative estimate of drug-likeness (QED) is 0.688. The normalized spacial score (nSPS) is 15.6. The van der Waals surface area contributed by atoms with Gasteiger partial charge in [0.2, 0.25) is 0 Å². The van der Waals surface area contributed by atoms with Crippen molar-refractivity contribution in [2.45, 2.75) is 38.8 Å². The predicted octanol–water partition coefficient (Wildman–Crippen LogP) is 1.11. The lowest BCUT2D eigenvalue weighted by Gasteiger charge is -2.32. The lowest BCUT2D eigenvalue weighted by molar-refractivity contribution is 0.460. The molecule has 3 aromatic heterocycles. The summed E-state index contributed by atoms with van der Waals surface area (Å²) in [4.78, 5) is 6.27. The van der Waals surface area contributed by atoms with Crippen molar-refractivity contribution in [3.8, 4) is 0 Å². The first-order chi connectivity index (χ1) is 12.3. The molecule has 1 saturated heterocycles. The number of nitrogens with zero attached hydrogens (tertiary/aromatic N) is 9. The van der Waals surface area contributed by atoms with Crippen molar-refractivity contribution in [2.75, 3.05) is 18.0 Å². The Labute approximate surface area is 145 Å². The van der Waals surface area contributed by atoms with Gasteiger partial charge in [0, 0.05) is 31.7 Å². The Kier molecular flexibility index (Phi) is 4.36. The van der Waals surface area contributed by atoms with E-state index in [0.717, 1.165) is 49.9 Å². The monoisotopic (exact) mass is 339 g/mol. The summed E-state index contributed by atoms with van der Waals surface area (Å²) in [6.45, 7) is 5.50. The third-order valence-corrected chi connectivity index (χ3v) is 4.68. The lowest BCUT2D eigenvalue weighted by atomic mass is 9.96. The maximum atomic E-state index is 4.49. The lowest BCUT2D eigenvalue weighted by Crippen LogP contribution is -2.34. The molecule has 9 nitrogen and oxygen atoms in total. The topological polar surface area (TPSA) is 90.4 Å². The summed E-state index contributed by atoms with van der Waals surface area (Å²) >= 11 is 0. The molecular formula is C16H21N9. The number of hydrogen-bond donors (Lipinski definition) is 0. The van der Waals surface area contributed by atoms with Crippen LogP contribution in [0.3, 0.4) is 0 Å². The molecule has 0 aliphatic carbocycles. The molecule has 1 aliphatic rings. The van der Waals surface area contributed by atoms with E-state index in [9.17, 15) is 0 Å². The Hall–Kier alpha value is -2.84. The van der Waals surface area contributed by atoms with Gasteiger partial charge in [-0.15, -0.1) is 15.3 Å². The highest BCUT2D eigenvalue weighted by Gasteiger charge is 2.26. The number of hydrogen-bond acceptors (Lipinski definition) is 7. The van der Waals surface area contributed by atoms with Crippen LogP contribution in [0.1, 0.15) is 37.3 Å². The van der Waals surface area contributed by atoms with E-state index in [4.69, 9.17) is 0 Å². The Balaban J connectivity index is 1.47. The standard InChI is InChI=1S/C16H21N9/c1-2-25-15(10-24-12-17-11-19-24)21-22-16(25)13-5-8-23(9-6-13)14-4-3-7-18-20-14/h3-4,7,11-13H,2,5-6,8-10H2,1H3. The molecule has 0 saturated carbocycles. The number of piperidine rings is 1. The van der Waals surface area contributed by atoms with Gasteiger partial charge in [0.05, 0.1) is 0 Å². The van der Waals surface area contributed by atoms with Gasteiger partial charge in [-0.1, -0.05) is 0 Å². The molecule has 1 fully saturated rings. The van der Waals surface area contributed by atoms with Crippen molar-refractivity contribution in [3.63, 3.8) is 0 Å². The Bertz CT molecular complexity index is 788. The van der Waals surface area contributed by atoms with Gasteiger partial charge in [-0.25, -0.2) is 9.67 Å². The largest absolute Gasteiger partial charge is 0.355 e. The van der Waals surface area contributed by atoms with Crippen LogP contribution in [0.5, 0.6) is 0 Å². The van der Waals surface area contributed by atoms with E-state index in [-0.39, 0.29) is 0 Å². The average Bonchev–Trinajstić information content (AvgIpc) is 3.32. The van der Waals surface area contributed by atoms with Crippen LogP contribution in [0.4, 0.5) is 5.82 Å². The van der Waals surface area contributed by atoms with Crippen molar-refractivity contribution in [2.24, 2.45) is 0 Å². The fourth-order valence-corrected chi connectivity index (χ4v) is 3.40. The second-order valence-electron chi connectivity index (χ2n) is 6.15. The molecule has 1 aliphatic heterocycles. The summed E-state index contributed by atoms with van der Waals surface area (Å²) < 4.78 is 3.99. The highest BCUT2D eigenvalue weighted by molar-refractivity contribution is 5.37. The molecule has 4 rings (SSSR count). The summed E-state index contributed by atoms with van der Waals surface area (Å²) in [5, 5.41) is 21.2. The van der Waals surface area contributed by atoms with Gasteiger partial charge in [0.1, 0.15) is 25.0 Å². The van der Waals surface area contributed by atoms with Crippen LogP contribution in [-0.4, -0.2) is 52.8 Å². The van der Waals surface area contributed by atoms with Gasteiger partial charge in [-0.05, 0) is 31.9 Å². The minimum Gasteiger partial charge on any atom is -0.355 e. The van der Waals surface area contributed by atoms with Crippen molar-refractivity contribution < 1.29 is 0 Å². The van der Waals surface area contributed by atoms with Crippen LogP contribution in [0, 0.1) is 0 Å². The average molecular weight is 339 g/mol. The van der Waals surface area contributed by atoms with Crippen molar-refractivity contribution in [1.29, 1.82) is 0 Å². The number of anilines is 1. The fraction of sp³-hybridized carbons (Fsp3) is 0.500. The van der Waals surface area contributed by atoms with Crippen LogP contribution < -0.4 is 4.90 Å². The maximum absolute atomic E-state index is 4.49. The number of rotatable bonds is 5. The SMILES string of the molecule is CCn1c(Cn2cncn2)nnc1C1CCN(c2cccnn2)CC1. The highest BCUT2D eigenvalue weighted by Crippen LogP contribution is 2.29. The summed E-state index contributed by atoms with van der Waals surface area (Å²) in [6.07, 6.45) is 7.02. The second kappa shape index (κ2) is 6.96. The third kappa shape index (κ3) is 3.21. The molecule has 0 amide bonds.